The molecule has 0 bridgehead atoms. The van der Waals surface area contributed by atoms with E-state index < -0.39 is 0 Å². The van der Waals surface area contributed by atoms with Gasteiger partial charge in [0, 0.05) is 5.56 Å². The maximum atomic E-state index is 6.05. The van der Waals surface area contributed by atoms with Crippen molar-refractivity contribution in [2.24, 2.45) is 0 Å². The van der Waals surface area contributed by atoms with Crippen molar-refractivity contribution < 1.29 is 4.42 Å². The van der Waals surface area contributed by atoms with Crippen molar-refractivity contribution in [1.82, 2.24) is 9.97 Å². The molecule has 0 unspecified atom stereocenters. The second kappa shape index (κ2) is 6.89. The van der Waals surface area contributed by atoms with Crippen molar-refractivity contribution in [3.8, 4) is 34.3 Å². The van der Waals surface area contributed by atoms with Crippen LogP contribution in [0.1, 0.15) is 11.1 Å². The summed E-state index contributed by atoms with van der Waals surface area (Å²) in [5.41, 5.74) is 5.23. The number of aryl methyl sites for hydroxylation is 2. The van der Waals surface area contributed by atoms with Crippen LogP contribution in [0.25, 0.3) is 34.3 Å². The summed E-state index contributed by atoms with van der Waals surface area (Å²) in [4.78, 5) is 9.35. The quantitative estimate of drug-likeness (QED) is 0.432. The minimum Gasteiger partial charge on any atom is -0.166 e. The molecule has 4 aromatic rings. The fourth-order valence-electron chi connectivity index (χ4n) is 2.71. The number of nitrogens with zero attached hydrogens (tertiary/aromatic N) is 2. The van der Waals surface area contributed by atoms with Gasteiger partial charge in [-0.05, 0) is 38.1 Å². The molecule has 0 saturated carbocycles. The highest BCUT2D eigenvalue weighted by atomic mass is 16.4. The Morgan fingerprint density at radius 1 is 0.538 bits per heavy atom. The van der Waals surface area contributed by atoms with Gasteiger partial charge in [0.2, 0.25) is 0 Å². The van der Waals surface area contributed by atoms with Crippen molar-refractivity contribution in [1.29, 1.82) is 0 Å². The SMILES string of the molecule is Cc1ccc(-c2nc(-c3ccccc3)[o+]c(-c3ccc(C)cc3)n2)cc1. The molecular weight excluding hydrogens is 320 g/mol. The number of hydrogen-bond donors (Lipinski definition) is 0. The lowest BCUT2D eigenvalue weighted by Gasteiger charge is -2.01. The number of aromatic nitrogens is 2. The molecule has 0 spiro atoms. The number of rotatable bonds is 3. The Morgan fingerprint density at radius 2 is 1.00 bits per heavy atom. The molecule has 0 aliphatic heterocycles. The van der Waals surface area contributed by atoms with Gasteiger partial charge in [-0.1, -0.05) is 65.7 Å². The fourth-order valence-corrected chi connectivity index (χ4v) is 2.71. The van der Waals surface area contributed by atoms with Crippen molar-refractivity contribution in [2.45, 2.75) is 13.8 Å². The van der Waals surface area contributed by atoms with E-state index in [1.807, 2.05) is 54.6 Å². The average Bonchev–Trinajstić information content (AvgIpc) is 2.69. The molecule has 3 aromatic carbocycles. The molecule has 0 radical (unpaired) electrons. The van der Waals surface area contributed by atoms with Gasteiger partial charge in [0.05, 0.1) is 0 Å². The van der Waals surface area contributed by atoms with Gasteiger partial charge in [0.1, 0.15) is 11.1 Å². The Hall–Kier alpha value is -3.33. The first-order valence-electron chi connectivity index (χ1n) is 8.61. The molecule has 3 heteroatoms. The minimum absolute atomic E-state index is 0.562. The third-order valence-corrected chi connectivity index (χ3v) is 4.24. The monoisotopic (exact) mass is 339 g/mol. The van der Waals surface area contributed by atoms with Crippen LogP contribution in [-0.4, -0.2) is 9.97 Å². The van der Waals surface area contributed by atoms with Crippen LogP contribution in [0.5, 0.6) is 0 Å². The molecule has 0 atom stereocenters. The van der Waals surface area contributed by atoms with Crippen molar-refractivity contribution in [3.05, 3.63) is 90.0 Å². The zero-order chi connectivity index (χ0) is 17.9. The number of benzene rings is 3. The molecule has 4 rings (SSSR count). The Bertz CT molecular complexity index is 960. The predicted octanol–water partition coefficient (Wildman–Crippen LogP) is 5.97. The molecule has 126 valence electrons. The van der Waals surface area contributed by atoms with Gasteiger partial charge >= 0.3 is 11.8 Å². The summed E-state index contributed by atoms with van der Waals surface area (Å²) in [6.45, 7) is 4.13. The maximum Gasteiger partial charge on any atom is 0.464 e. The zero-order valence-corrected chi connectivity index (χ0v) is 14.8. The van der Waals surface area contributed by atoms with E-state index in [4.69, 9.17) is 4.42 Å². The average molecular weight is 339 g/mol. The number of hydrogen-bond acceptors (Lipinski definition) is 2. The van der Waals surface area contributed by atoms with E-state index in [9.17, 15) is 0 Å². The van der Waals surface area contributed by atoms with Crippen LogP contribution in [0.2, 0.25) is 0 Å². The van der Waals surface area contributed by atoms with Gasteiger partial charge in [-0.25, -0.2) is 0 Å². The van der Waals surface area contributed by atoms with Gasteiger partial charge in [0.25, 0.3) is 0 Å². The molecule has 0 saturated heterocycles. The molecule has 0 fully saturated rings. The summed E-state index contributed by atoms with van der Waals surface area (Å²) in [5.74, 6) is 1.78. The summed E-state index contributed by atoms with van der Waals surface area (Å²) < 4.78 is 6.05. The van der Waals surface area contributed by atoms with Crippen molar-refractivity contribution in [3.63, 3.8) is 0 Å². The first-order valence-corrected chi connectivity index (χ1v) is 8.61. The van der Waals surface area contributed by atoms with Crippen LogP contribution in [0.3, 0.4) is 0 Å². The smallest absolute Gasteiger partial charge is 0.166 e. The molecule has 0 amide bonds. The van der Waals surface area contributed by atoms with Crippen LogP contribution in [0.4, 0.5) is 0 Å². The molecular formula is C23H19N2O+. The molecule has 3 nitrogen and oxygen atoms in total. The van der Waals surface area contributed by atoms with Crippen LogP contribution in [0, 0.1) is 13.8 Å². The summed E-state index contributed by atoms with van der Waals surface area (Å²) >= 11 is 0. The minimum atomic E-state index is 0.562. The Balaban J connectivity index is 1.89. The molecule has 0 aliphatic rings. The largest absolute Gasteiger partial charge is 0.464 e. The molecule has 0 aliphatic carbocycles. The van der Waals surface area contributed by atoms with Gasteiger partial charge in [-0.3, -0.25) is 0 Å². The van der Waals surface area contributed by atoms with E-state index in [1.54, 1.807) is 0 Å². The highest BCUT2D eigenvalue weighted by molar-refractivity contribution is 5.64. The summed E-state index contributed by atoms with van der Waals surface area (Å²) in [5, 5.41) is 0. The Kier molecular flexibility index (Phi) is 4.28. The van der Waals surface area contributed by atoms with E-state index in [0.717, 1.165) is 16.7 Å². The van der Waals surface area contributed by atoms with E-state index in [1.165, 1.54) is 11.1 Å². The zero-order valence-electron chi connectivity index (χ0n) is 14.8. The lowest BCUT2D eigenvalue weighted by atomic mass is 10.1. The predicted molar refractivity (Wildman–Crippen MR) is 104 cm³/mol. The highest BCUT2D eigenvalue weighted by Gasteiger charge is 2.23. The summed E-state index contributed by atoms with van der Waals surface area (Å²) in [6, 6.07) is 26.3. The van der Waals surface area contributed by atoms with E-state index in [0.29, 0.717) is 17.6 Å². The second-order valence-electron chi connectivity index (χ2n) is 6.36. The lowest BCUT2D eigenvalue weighted by molar-refractivity contribution is 0.540. The second-order valence-corrected chi connectivity index (χ2v) is 6.36. The molecule has 1 aromatic heterocycles. The van der Waals surface area contributed by atoms with Gasteiger partial charge in [0.15, 0.2) is 5.82 Å². The van der Waals surface area contributed by atoms with Crippen LogP contribution >= 0.6 is 0 Å². The Morgan fingerprint density at radius 3 is 1.54 bits per heavy atom. The molecule has 1 heterocycles. The van der Waals surface area contributed by atoms with Crippen molar-refractivity contribution in [2.75, 3.05) is 0 Å². The van der Waals surface area contributed by atoms with Gasteiger partial charge in [-0.2, -0.15) is 4.42 Å². The fraction of sp³-hybridized carbons (Fsp3) is 0.0870. The first kappa shape index (κ1) is 16.2. The lowest BCUT2D eigenvalue weighted by Crippen LogP contribution is -1.96. The van der Waals surface area contributed by atoms with E-state index in [2.05, 4.69) is 48.1 Å². The third kappa shape index (κ3) is 3.38. The van der Waals surface area contributed by atoms with Gasteiger partial charge in [-0.15, -0.1) is 9.97 Å². The van der Waals surface area contributed by atoms with E-state index in [-0.39, 0.29) is 0 Å². The summed E-state index contributed by atoms with van der Waals surface area (Å²) in [6.07, 6.45) is 0. The van der Waals surface area contributed by atoms with Crippen LogP contribution in [-0.2, 0) is 0 Å². The molecule has 0 N–H and O–H groups in total. The van der Waals surface area contributed by atoms with Crippen LogP contribution < -0.4 is 0 Å². The summed E-state index contributed by atoms with van der Waals surface area (Å²) in [7, 11) is 0. The van der Waals surface area contributed by atoms with Crippen LogP contribution in [0.15, 0.2) is 83.3 Å². The molecule has 26 heavy (non-hydrogen) atoms. The topological polar surface area (TPSA) is 37.1 Å². The third-order valence-electron chi connectivity index (χ3n) is 4.24. The van der Waals surface area contributed by atoms with E-state index >= 15 is 0 Å². The van der Waals surface area contributed by atoms with Gasteiger partial charge < -0.3 is 0 Å². The highest BCUT2D eigenvalue weighted by Crippen LogP contribution is 2.27. The standard InChI is InChI=1S/C23H19N2O/c1-16-8-12-18(13-9-16)21-24-22(19-6-4-3-5-7-19)26-23(25-21)20-14-10-17(2)11-15-20/h3-15H,1-2H3/q+1. The van der Waals surface area contributed by atoms with Crippen molar-refractivity contribution >= 4 is 0 Å². The maximum absolute atomic E-state index is 6.05. The first-order chi connectivity index (χ1) is 12.7. The Labute approximate surface area is 153 Å². The normalized spacial score (nSPS) is 10.7.